The van der Waals surface area contributed by atoms with Crippen LogP contribution in [0.5, 0.6) is 28.7 Å². The van der Waals surface area contributed by atoms with E-state index in [1.807, 2.05) is 41.8 Å². The van der Waals surface area contributed by atoms with Gasteiger partial charge in [-0.25, -0.2) is 24.0 Å². The average Bonchev–Trinajstić information content (AvgIpc) is 1.63. The van der Waals surface area contributed by atoms with Crippen LogP contribution in [0, 0.1) is 0 Å². The van der Waals surface area contributed by atoms with Crippen LogP contribution in [0.3, 0.4) is 0 Å². The van der Waals surface area contributed by atoms with Gasteiger partial charge in [0.2, 0.25) is 5.91 Å². The van der Waals surface area contributed by atoms with Crippen molar-refractivity contribution in [3.63, 3.8) is 0 Å². The van der Waals surface area contributed by atoms with Gasteiger partial charge in [-0.1, -0.05) is 24.3 Å². The molecule has 25 heteroatoms. The topological polar surface area (TPSA) is 327 Å². The van der Waals surface area contributed by atoms with Crippen LogP contribution in [0.15, 0.2) is 167 Å². The summed E-state index contributed by atoms with van der Waals surface area (Å²) in [6.07, 6.45) is 6.23. The van der Waals surface area contributed by atoms with Crippen molar-refractivity contribution in [2.75, 3.05) is 33.0 Å². The smallest absolute Gasteiger partial charge is 0.338 e. The lowest BCUT2D eigenvalue weighted by molar-refractivity contribution is -0.115. The zero-order valence-corrected chi connectivity index (χ0v) is 54.1. The number of thioether (sulfide) groups is 1. The zero-order chi connectivity index (χ0) is 68.5. The molecule has 6 heterocycles. The van der Waals surface area contributed by atoms with Crippen molar-refractivity contribution in [1.29, 1.82) is 0 Å². The van der Waals surface area contributed by atoms with Gasteiger partial charge in [0.1, 0.15) is 40.3 Å². The Balaban J connectivity index is 0.000000154. The summed E-state index contributed by atoms with van der Waals surface area (Å²) in [5, 5.41) is 55.7. The van der Waals surface area contributed by atoms with Gasteiger partial charge in [-0.3, -0.25) is 29.3 Å². The number of nitrogens with one attached hydrogen (secondary N) is 1. The number of esters is 5. The fourth-order valence-corrected chi connectivity index (χ4v) is 12.0. The Kier molecular flexibility index (Phi) is 23.7. The fourth-order valence-electron chi connectivity index (χ4n) is 9.35. The number of furan rings is 1. The average molecular weight is 1340 g/mol. The van der Waals surface area contributed by atoms with E-state index in [4.69, 9.17) is 28.1 Å². The molecule has 0 atom stereocenters. The monoisotopic (exact) mass is 1340 g/mol. The van der Waals surface area contributed by atoms with Gasteiger partial charge in [-0.15, -0.1) is 22.7 Å². The van der Waals surface area contributed by atoms with E-state index in [9.17, 15) is 63.9 Å². The highest BCUT2D eigenvalue weighted by Gasteiger charge is 2.26. The van der Waals surface area contributed by atoms with Gasteiger partial charge in [0, 0.05) is 69.0 Å². The van der Waals surface area contributed by atoms with Gasteiger partial charge in [0.25, 0.3) is 11.1 Å². The van der Waals surface area contributed by atoms with Crippen molar-refractivity contribution in [2.45, 2.75) is 41.5 Å². The number of fused-ring (bicyclic) bond motifs is 5. The number of phenols is 5. The summed E-state index contributed by atoms with van der Waals surface area (Å²) in [6, 6.07) is 36.0. The number of aromatic nitrogens is 2. The summed E-state index contributed by atoms with van der Waals surface area (Å²) < 4.78 is 34.2. The van der Waals surface area contributed by atoms with Crippen LogP contribution in [0.1, 0.15) is 104 Å². The number of hydrogen-bond donors (Lipinski definition) is 6. The number of aromatic hydroxyl groups is 5. The molecule has 6 N–H and O–H groups in total. The maximum absolute atomic E-state index is 12.0. The fraction of sp³-hybridized carbons (Fsp3) is 0.157. The quantitative estimate of drug-likeness (QED) is 0.0355. The minimum absolute atomic E-state index is 0.0433. The predicted molar refractivity (Wildman–Crippen MR) is 360 cm³/mol. The predicted octanol–water partition coefficient (Wildman–Crippen LogP) is 14.7. The summed E-state index contributed by atoms with van der Waals surface area (Å²) in [4.78, 5) is 97.1. The lowest BCUT2D eigenvalue weighted by Gasteiger charge is -2.07. The van der Waals surface area contributed by atoms with Crippen molar-refractivity contribution in [3.8, 4) is 51.2 Å². The zero-order valence-electron chi connectivity index (χ0n) is 51.7. The van der Waals surface area contributed by atoms with Crippen molar-refractivity contribution >= 4 is 129 Å². The molecular weight excluding hydrogens is 1280 g/mol. The van der Waals surface area contributed by atoms with E-state index in [0.717, 1.165) is 47.6 Å². The third-order valence-corrected chi connectivity index (χ3v) is 16.5. The van der Waals surface area contributed by atoms with Gasteiger partial charge >= 0.3 is 29.8 Å². The molecule has 2 amide bonds. The molecule has 22 nitrogen and oxygen atoms in total. The second kappa shape index (κ2) is 32.3. The molecule has 1 saturated heterocycles. The van der Waals surface area contributed by atoms with Gasteiger partial charge in [-0.05, 0) is 161 Å². The molecule has 0 unspecified atom stereocenters. The molecule has 12 rings (SSSR count). The number of ether oxygens (including phenoxy) is 5. The van der Waals surface area contributed by atoms with Gasteiger partial charge in [-0.2, -0.15) is 0 Å². The number of benzene rings is 6. The highest BCUT2D eigenvalue weighted by Crippen LogP contribution is 2.41. The second-order valence-electron chi connectivity index (χ2n) is 19.7. The molecule has 1 fully saturated rings. The number of carbonyl (C=O) groups is 8. The van der Waals surface area contributed by atoms with E-state index in [2.05, 4.69) is 10.3 Å². The van der Waals surface area contributed by atoms with Crippen molar-refractivity contribution in [3.05, 3.63) is 196 Å². The molecule has 488 valence electrons. The van der Waals surface area contributed by atoms with Gasteiger partial charge < -0.3 is 53.6 Å². The van der Waals surface area contributed by atoms with Crippen LogP contribution < -0.4 is 5.32 Å². The third kappa shape index (κ3) is 16.7. The third-order valence-electron chi connectivity index (χ3n) is 13.5. The summed E-state index contributed by atoms with van der Waals surface area (Å²) in [5.41, 5.74) is 4.00. The Morgan fingerprint density at radius 2 is 1.11 bits per heavy atom. The number of rotatable bonds is 13. The Morgan fingerprint density at radius 3 is 1.69 bits per heavy atom. The lowest BCUT2D eigenvalue weighted by atomic mass is 10.0. The van der Waals surface area contributed by atoms with Crippen molar-refractivity contribution in [2.24, 2.45) is 0 Å². The normalized spacial score (nSPS) is 11.8. The summed E-state index contributed by atoms with van der Waals surface area (Å²) in [5.74, 6) is -1.75. The molecule has 0 bridgehead atoms. The number of phenolic OH excluding ortho intramolecular Hbond substituents is 5. The molecule has 1 aliphatic heterocycles. The van der Waals surface area contributed by atoms with E-state index in [0.29, 0.717) is 75.6 Å². The maximum atomic E-state index is 12.0. The van der Waals surface area contributed by atoms with Crippen molar-refractivity contribution in [1.82, 2.24) is 14.9 Å². The highest BCUT2D eigenvalue weighted by atomic mass is 32.2. The number of hydrogen-bond acceptors (Lipinski definition) is 23. The van der Waals surface area contributed by atoms with Crippen LogP contribution in [0.4, 0.5) is 4.79 Å². The Labute approximate surface area is 554 Å². The highest BCUT2D eigenvalue weighted by molar-refractivity contribution is 8.18. The molecule has 5 aromatic heterocycles. The molecule has 0 saturated carbocycles. The lowest BCUT2D eigenvalue weighted by Crippen LogP contribution is -2.17. The summed E-state index contributed by atoms with van der Waals surface area (Å²) >= 11 is 3.67. The first-order chi connectivity index (χ1) is 45.7. The van der Waals surface area contributed by atoms with Crippen molar-refractivity contribution < 1.29 is 92.0 Å². The molecule has 1 aliphatic rings. The first kappa shape index (κ1) is 69.6. The standard InChI is InChI=1S/C17H13NO6S.C15H12O3S.C14H13NO3.C13H13NO4.C11H10O3S/c1-2-23-16(21)9-3-5-12(19)11(7-9)13-6-4-10(24-13)8-14-15(20)18-17(22)25-14;1-2-18-15(17)10-7-8-11(16)14-13(10)9-5-3-4-6-12(9)19-14;1-2-18-14(17)10-5-6-13(16)12(8-10)11-4-3-7-15-9-11;1-3-18-13(17)10-4-5-11(16)12-9(10)6-7-14(12)8(2)15;1-2-14-11(13)8-3-4-9(12)10-7(8)5-6-15-10/h3-8,19H,2H2,1H3,(H,18,20,22);3-8,16H,2H2,1H3;3-9,16H,2H2,1H3;4-7,16H,3H2,1-2H3;3-6,12H,2H2,1H3/b14-8-;;;;. The SMILES string of the molecule is CCOC(=O)c1ccc(O)c(-c2ccc(/C=C3\SC(=O)NC3=O)o2)c1.CCOC(=O)c1ccc(O)c(-c2cccnc2)c1.CCOC(=O)c1ccc(O)c2c1ccn2C(C)=O.CCOC(=O)c1ccc(O)c2sc3ccccc3c12.CCOC(=O)c1ccc(O)c2sccc12. The molecule has 0 aliphatic carbocycles. The summed E-state index contributed by atoms with van der Waals surface area (Å²) in [6.45, 7) is 11.6. The summed E-state index contributed by atoms with van der Waals surface area (Å²) in [7, 11) is 0. The van der Waals surface area contributed by atoms with Crippen LogP contribution >= 0.6 is 34.4 Å². The van der Waals surface area contributed by atoms with Crippen LogP contribution in [0.2, 0.25) is 0 Å². The number of carbonyl (C=O) groups excluding carboxylic acids is 8. The molecule has 11 aromatic rings. The minimum Gasteiger partial charge on any atom is -0.507 e. The van der Waals surface area contributed by atoms with Crippen LogP contribution in [-0.2, 0) is 28.5 Å². The first-order valence-corrected chi connectivity index (χ1v) is 31.7. The van der Waals surface area contributed by atoms with Gasteiger partial charge in [0.15, 0.2) is 0 Å². The van der Waals surface area contributed by atoms with E-state index < -0.39 is 29.1 Å². The number of amides is 2. The Bertz CT molecular complexity index is 4720. The molecule has 95 heavy (non-hydrogen) atoms. The minimum atomic E-state index is -0.504. The largest absolute Gasteiger partial charge is 0.507 e. The van der Waals surface area contributed by atoms with E-state index in [1.165, 1.54) is 95.0 Å². The van der Waals surface area contributed by atoms with Crippen LogP contribution in [-0.4, -0.2) is 115 Å². The Hall–Kier alpha value is -11.3. The van der Waals surface area contributed by atoms with Gasteiger partial charge in [0.05, 0.1) is 86.2 Å². The van der Waals surface area contributed by atoms with E-state index >= 15 is 0 Å². The molecule has 0 spiro atoms. The number of nitrogens with zero attached hydrogens (tertiary/aromatic N) is 2. The number of imide groups is 1. The van der Waals surface area contributed by atoms with E-state index in [-0.39, 0.29) is 70.3 Å². The second-order valence-corrected chi connectivity index (χ2v) is 22.7. The molecular formula is C70H61N3O19S3. The molecule has 0 radical (unpaired) electrons. The number of pyridine rings is 1. The first-order valence-electron chi connectivity index (χ1n) is 29.1. The maximum Gasteiger partial charge on any atom is 0.338 e. The molecule has 6 aromatic carbocycles. The van der Waals surface area contributed by atoms with E-state index in [1.54, 1.807) is 95.5 Å². The van der Waals surface area contributed by atoms with Crippen LogP contribution in [0.25, 0.3) is 69.7 Å². The number of thiophene rings is 2. The Morgan fingerprint density at radius 1 is 0.558 bits per heavy atom.